The first-order valence-corrected chi connectivity index (χ1v) is 10.7. The van der Waals surface area contributed by atoms with Crippen molar-refractivity contribution in [2.75, 3.05) is 6.61 Å². The summed E-state index contributed by atoms with van der Waals surface area (Å²) in [5, 5.41) is 17.8. The third kappa shape index (κ3) is 5.01. The van der Waals surface area contributed by atoms with Crippen molar-refractivity contribution in [2.45, 2.75) is 20.5 Å². The Labute approximate surface area is 195 Å². The lowest BCUT2D eigenvalue weighted by Crippen LogP contribution is -2.04. The lowest BCUT2D eigenvalue weighted by atomic mass is 10.1. The van der Waals surface area contributed by atoms with E-state index in [1.165, 1.54) is 12.1 Å². The van der Waals surface area contributed by atoms with Crippen LogP contribution in [0.3, 0.4) is 0 Å². The normalized spacial score (nSPS) is 10.7. The minimum absolute atomic E-state index is 0.0309. The highest BCUT2D eigenvalue weighted by Crippen LogP contribution is 2.39. The zero-order chi connectivity index (χ0) is 24.1. The third-order valence-corrected chi connectivity index (χ3v) is 5.05. The fourth-order valence-electron chi connectivity index (χ4n) is 3.30. The zero-order valence-corrected chi connectivity index (χ0v) is 18.7. The molecule has 0 fully saturated rings. The second-order valence-electron chi connectivity index (χ2n) is 7.43. The molecule has 0 spiro atoms. The van der Waals surface area contributed by atoms with Crippen LogP contribution in [0, 0.1) is 12.7 Å². The van der Waals surface area contributed by atoms with E-state index in [1.54, 1.807) is 68.4 Å². The van der Waals surface area contributed by atoms with Crippen molar-refractivity contribution in [2.24, 2.45) is 0 Å². The number of hydrogen-bond acceptors (Lipinski definition) is 6. The predicted octanol–water partition coefficient (Wildman–Crippen LogP) is 5.78. The number of H-pyrrole nitrogens is 1. The number of benzene rings is 3. The summed E-state index contributed by atoms with van der Waals surface area (Å²) >= 11 is 0. The number of aromatic amines is 1. The smallest absolute Gasteiger partial charge is 0.338 e. The van der Waals surface area contributed by atoms with Crippen molar-refractivity contribution in [3.8, 4) is 34.3 Å². The Morgan fingerprint density at radius 3 is 2.50 bits per heavy atom. The number of nitrogens with zero attached hydrogens (tertiary/aromatic N) is 1. The molecule has 3 aromatic carbocycles. The fraction of sp³-hybridized carbons (Fsp3) is 0.154. The standard InChI is InChI=1S/C26H23FN2O5/c1-3-32-26(31)17-8-10-19(11-9-17)34-25-16(2)28-29-24(25)21-13-12-20(14-23(21)30)33-15-18-6-4-5-7-22(18)27/h4-14,30H,3,15H2,1-2H3,(H,28,29). The Morgan fingerprint density at radius 2 is 1.79 bits per heavy atom. The predicted molar refractivity (Wildman–Crippen MR) is 124 cm³/mol. The molecule has 0 saturated heterocycles. The van der Waals surface area contributed by atoms with Gasteiger partial charge >= 0.3 is 5.97 Å². The monoisotopic (exact) mass is 462 g/mol. The van der Waals surface area contributed by atoms with Gasteiger partial charge in [0.15, 0.2) is 5.75 Å². The average molecular weight is 462 g/mol. The van der Waals surface area contributed by atoms with Gasteiger partial charge in [-0.05, 0) is 56.3 Å². The molecule has 1 heterocycles. The van der Waals surface area contributed by atoms with Crippen molar-refractivity contribution in [1.29, 1.82) is 0 Å². The molecule has 8 heteroatoms. The quantitative estimate of drug-likeness (QED) is 0.323. The molecule has 0 bridgehead atoms. The number of aromatic hydroxyl groups is 1. The highest BCUT2D eigenvalue weighted by atomic mass is 19.1. The first-order chi connectivity index (χ1) is 16.5. The van der Waals surface area contributed by atoms with Gasteiger partial charge in [-0.2, -0.15) is 5.10 Å². The van der Waals surface area contributed by atoms with E-state index in [1.807, 2.05) is 0 Å². The van der Waals surface area contributed by atoms with E-state index < -0.39 is 5.97 Å². The van der Waals surface area contributed by atoms with Crippen LogP contribution < -0.4 is 9.47 Å². The van der Waals surface area contributed by atoms with E-state index >= 15 is 0 Å². The molecule has 4 aromatic rings. The maximum Gasteiger partial charge on any atom is 0.338 e. The second-order valence-corrected chi connectivity index (χ2v) is 7.43. The van der Waals surface area contributed by atoms with Crippen LogP contribution in [0.5, 0.6) is 23.0 Å². The number of aromatic nitrogens is 2. The average Bonchev–Trinajstić information content (AvgIpc) is 3.19. The fourth-order valence-corrected chi connectivity index (χ4v) is 3.30. The van der Waals surface area contributed by atoms with E-state index in [-0.39, 0.29) is 18.2 Å². The van der Waals surface area contributed by atoms with Gasteiger partial charge in [0.05, 0.1) is 17.9 Å². The van der Waals surface area contributed by atoms with Gasteiger partial charge in [-0.3, -0.25) is 5.10 Å². The molecular formula is C26H23FN2O5. The number of hydrogen-bond donors (Lipinski definition) is 2. The minimum atomic E-state index is -0.406. The molecule has 7 nitrogen and oxygen atoms in total. The molecule has 0 aliphatic heterocycles. The maximum atomic E-state index is 13.8. The first-order valence-electron chi connectivity index (χ1n) is 10.7. The number of esters is 1. The number of rotatable bonds is 8. The van der Waals surface area contributed by atoms with Gasteiger partial charge in [-0.1, -0.05) is 18.2 Å². The van der Waals surface area contributed by atoms with E-state index in [9.17, 15) is 14.3 Å². The molecule has 0 aliphatic rings. The molecule has 0 unspecified atom stereocenters. The molecule has 4 rings (SSSR count). The Kier molecular flexibility index (Phi) is 6.77. The number of ether oxygens (including phenoxy) is 3. The van der Waals surface area contributed by atoms with Crippen LogP contribution in [0.2, 0.25) is 0 Å². The van der Waals surface area contributed by atoms with E-state index in [0.29, 0.717) is 51.9 Å². The van der Waals surface area contributed by atoms with Crippen molar-refractivity contribution >= 4 is 5.97 Å². The van der Waals surface area contributed by atoms with Gasteiger partial charge < -0.3 is 19.3 Å². The van der Waals surface area contributed by atoms with Crippen LogP contribution in [0.15, 0.2) is 66.7 Å². The van der Waals surface area contributed by atoms with Crippen LogP contribution in [-0.4, -0.2) is 27.9 Å². The summed E-state index contributed by atoms with van der Waals surface area (Å²) in [5.41, 5.74) is 2.33. The van der Waals surface area contributed by atoms with Crippen molar-refractivity contribution < 1.29 is 28.5 Å². The lowest BCUT2D eigenvalue weighted by molar-refractivity contribution is 0.0526. The number of phenols is 1. The summed E-state index contributed by atoms with van der Waals surface area (Å²) in [4.78, 5) is 11.8. The summed E-state index contributed by atoms with van der Waals surface area (Å²) in [6, 6.07) is 17.6. The van der Waals surface area contributed by atoms with E-state index in [0.717, 1.165) is 0 Å². The van der Waals surface area contributed by atoms with Crippen molar-refractivity contribution in [3.05, 3.63) is 89.4 Å². The van der Waals surface area contributed by atoms with Gasteiger partial charge in [0.1, 0.15) is 35.4 Å². The molecule has 174 valence electrons. The Balaban J connectivity index is 1.52. The molecule has 0 radical (unpaired) electrons. The van der Waals surface area contributed by atoms with Crippen LogP contribution in [0.25, 0.3) is 11.3 Å². The first kappa shape index (κ1) is 22.8. The van der Waals surface area contributed by atoms with Gasteiger partial charge in [0.25, 0.3) is 0 Å². The number of carbonyl (C=O) groups excluding carboxylic acids is 1. The highest BCUT2D eigenvalue weighted by Gasteiger charge is 2.19. The van der Waals surface area contributed by atoms with Gasteiger partial charge in [-0.15, -0.1) is 0 Å². The molecule has 0 amide bonds. The summed E-state index contributed by atoms with van der Waals surface area (Å²) in [7, 11) is 0. The van der Waals surface area contributed by atoms with Crippen LogP contribution >= 0.6 is 0 Å². The Morgan fingerprint density at radius 1 is 1.06 bits per heavy atom. The number of carbonyl (C=O) groups is 1. The molecule has 0 saturated carbocycles. The molecule has 34 heavy (non-hydrogen) atoms. The summed E-state index contributed by atoms with van der Waals surface area (Å²) in [6.07, 6.45) is 0. The van der Waals surface area contributed by atoms with E-state index in [4.69, 9.17) is 14.2 Å². The Hall–Kier alpha value is -4.33. The topological polar surface area (TPSA) is 93.7 Å². The molecule has 1 aromatic heterocycles. The van der Waals surface area contributed by atoms with Gasteiger partial charge in [-0.25, -0.2) is 9.18 Å². The molecule has 2 N–H and O–H groups in total. The number of halogens is 1. The zero-order valence-electron chi connectivity index (χ0n) is 18.7. The van der Waals surface area contributed by atoms with Crippen LogP contribution in [0.1, 0.15) is 28.5 Å². The Bertz CT molecular complexity index is 1300. The SMILES string of the molecule is CCOC(=O)c1ccc(Oc2c(-c3ccc(OCc4ccccc4F)cc3O)n[nH]c2C)cc1. The summed E-state index contributed by atoms with van der Waals surface area (Å²) in [6.45, 7) is 3.87. The number of nitrogens with one attached hydrogen (secondary N) is 1. The summed E-state index contributed by atoms with van der Waals surface area (Å²) < 4.78 is 30.4. The molecular weight excluding hydrogens is 439 g/mol. The summed E-state index contributed by atoms with van der Waals surface area (Å²) in [5.74, 6) is 0.472. The van der Waals surface area contributed by atoms with E-state index in [2.05, 4.69) is 10.2 Å². The van der Waals surface area contributed by atoms with Crippen LogP contribution in [-0.2, 0) is 11.3 Å². The second kappa shape index (κ2) is 10.1. The van der Waals surface area contributed by atoms with Gasteiger partial charge in [0.2, 0.25) is 0 Å². The molecule has 0 atom stereocenters. The third-order valence-electron chi connectivity index (χ3n) is 5.05. The number of aryl methyl sites for hydroxylation is 1. The van der Waals surface area contributed by atoms with Crippen LogP contribution in [0.4, 0.5) is 4.39 Å². The number of phenolic OH excluding ortho intramolecular Hbond substituents is 1. The lowest BCUT2D eigenvalue weighted by Gasteiger charge is -2.11. The minimum Gasteiger partial charge on any atom is -0.507 e. The van der Waals surface area contributed by atoms with Crippen molar-refractivity contribution in [1.82, 2.24) is 10.2 Å². The largest absolute Gasteiger partial charge is 0.507 e. The molecule has 0 aliphatic carbocycles. The van der Waals surface area contributed by atoms with Gasteiger partial charge in [0, 0.05) is 17.2 Å². The maximum absolute atomic E-state index is 13.8. The van der Waals surface area contributed by atoms with Crippen molar-refractivity contribution in [3.63, 3.8) is 0 Å². The highest BCUT2D eigenvalue weighted by molar-refractivity contribution is 5.89.